The highest BCUT2D eigenvalue weighted by Gasteiger charge is 2.15. The van der Waals surface area contributed by atoms with Crippen molar-refractivity contribution in [1.29, 1.82) is 0 Å². The molecule has 58 valence electrons. The first-order valence-electron chi connectivity index (χ1n) is 3.10. The van der Waals surface area contributed by atoms with E-state index in [0.29, 0.717) is 0 Å². The number of hydrogen-bond donors (Lipinski definition) is 0. The molecule has 0 saturated heterocycles. The van der Waals surface area contributed by atoms with Crippen LogP contribution in [0.4, 0.5) is 0 Å². The van der Waals surface area contributed by atoms with Gasteiger partial charge in [-0.1, -0.05) is 0 Å². The van der Waals surface area contributed by atoms with Crippen LogP contribution >= 0.6 is 0 Å². The molecule has 0 aliphatic carbocycles. The molecule has 6 heteroatoms. The number of carbonyl (C=O) groups excluding carboxylic acids is 2. The van der Waals surface area contributed by atoms with Crippen LogP contribution in [0, 0.1) is 0 Å². The van der Waals surface area contributed by atoms with E-state index < -0.39 is 11.8 Å². The first-order chi connectivity index (χ1) is 5.77. The van der Waals surface area contributed by atoms with Crippen molar-refractivity contribution in [1.82, 2.24) is 9.97 Å². The number of rotatable bonds is 0. The van der Waals surface area contributed by atoms with E-state index in [-0.39, 0.29) is 11.0 Å². The number of nitrogens with zero attached hydrogens (tertiary/aromatic N) is 4. The second-order valence-corrected chi connectivity index (χ2v) is 2.04. The van der Waals surface area contributed by atoms with Gasteiger partial charge in [0.25, 0.3) is 0 Å². The summed E-state index contributed by atoms with van der Waals surface area (Å²) in [6, 6.07) is 0. The van der Waals surface area contributed by atoms with E-state index in [4.69, 9.17) is 0 Å². The maximum Gasteiger partial charge on any atom is 0.339 e. The van der Waals surface area contributed by atoms with Gasteiger partial charge in [-0.05, 0) is 0 Å². The quantitative estimate of drug-likeness (QED) is 0.404. The summed E-state index contributed by atoms with van der Waals surface area (Å²) < 4.78 is 0. The number of fused-ring (bicyclic) bond motifs is 1. The molecule has 2 amide bonds. The minimum Gasteiger partial charge on any atom is -0.261 e. The summed E-state index contributed by atoms with van der Waals surface area (Å²) in [7, 11) is 0. The first kappa shape index (κ1) is 6.71. The molecule has 6 nitrogen and oxygen atoms in total. The van der Waals surface area contributed by atoms with Crippen LogP contribution in [0.25, 0.3) is 0 Å². The summed E-state index contributed by atoms with van der Waals surface area (Å²) in [5.74, 6) is -1.80. The van der Waals surface area contributed by atoms with E-state index in [1.165, 1.54) is 12.4 Å². The molecule has 0 bridgehead atoms. The molecule has 1 aliphatic heterocycles. The predicted molar refractivity (Wildman–Crippen MR) is 34.4 cm³/mol. The largest absolute Gasteiger partial charge is 0.339 e. The number of carbonyl (C=O) groups is 2. The van der Waals surface area contributed by atoms with Gasteiger partial charge in [0.05, 0.1) is 0 Å². The molecule has 0 aromatic carbocycles. The molecule has 0 unspecified atom stereocenters. The molecule has 0 radical (unpaired) electrons. The lowest BCUT2D eigenvalue weighted by molar-refractivity contribution is -0.135. The van der Waals surface area contributed by atoms with Crippen LogP contribution in [0.5, 0.6) is 0 Å². The van der Waals surface area contributed by atoms with Crippen molar-refractivity contribution in [2.24, 2.45) is 9.98 Å². The lowest BCUT2D eigenvalue weighted by Gasteiger charge is -1.92. The van der Waals surface area contributed by atoms with Gasteiger partial charge in [-0.2, -0.15) is 9.98 Å². The molecule has 12 heavy (non-hydrogen) atoms. The van der Waals surface area contributed by atoms with Gasteiger partial charge in [0.15, 0.2) is 0 Å². The van der Waals surface area contributed by atoms with Crippen molar-refractivity contribution in [3.05, 3.63) is 23.4 Å². The first-order valence-corrected chi connectivity index (χ1v) is 3.10. The molecular weight excluding hydrogens is 160 g/mol. The molecule has 2 rings (SSSR count). The van der Waals surface area contributed by atoms with Crippen LogP contribution in [0.1, 0.15) is 0 Å². The maximum absolute atomic E-state index is 10.7. The molecule has 0 fully saturated rings. The summed E-state index contributed by atoms with van der Waals surface area (Å²) in [6.07, 6.45) is 2.75. The predicted octanol–water partition coefficient (Wildman–Crippen LogP) is -2.22. The van der Waals surface area contributed by atoms with Gasteiger partial charge in [-0.15, -0.1) is 0 Å². The molecule has 1 aromatic rings. The molecule has 2 heterocycles. The van der Waals surface area contributed by atoms with E-state index >= 15 is 0 Å². The lowest BCUT2D eigenvalue weighted by atomic mass is 10.5. The number of hydrogen-bond acceptors (Lipinski definition) is 4. The van der Waals surface area contributed by atoms with Crippen LogP contribution in [0.15, 0.2) is 22.4 Å². The fourth-order valence-electron chi connectivity index (χ4n) is 0.769. The molecule has 0 saturated carbocycles. The van der Waals surface area contributed by atoms with Crippen molar-refractivity contribution >= 4 is 11.8 Å². The molecular formula is C6H2N4O2. The maximum atomic E-state index is 10.7. The topological polar surface area (TPSA) is 84.6 Å². The molecule has 1 aliphatic rings. The van der Waals surface area contributed by atoms with Gasteiger partial charge in [-0.3, -0.25) is 9.59 Å². The minimum absolute atomic E-state index is 0.0992. The molecule has 0 atom stereocenters. The second kappa shape index (κ2) is 2.26. The van der Waals surface area contributed by atoms with Crippen molar-refractivity contribution in [2.45, 2.75) is 0 Å². The van der Waals surface area contributed by atoms with Gasteiger partial charge in [0, 0.05) is 12.4 Å². The Hall–Kier alpha value is -1.98. The van der Waals surface area contributed by atoms with Crippen LogP contribution in [-0.2, 0) is 9.59 Å². The third-order valence-electron chi connectivity index (χ3n) is 1.26. The van der Waals surface area contributed by atoms with Crippen molar-refractivity contribution in [2.75, 3.05) is 0 Å². The van der Waals surface area contributed by atoms with E-state index in [1.807, 2.05) is 0 Å². The standard InChI is InChI=1S/C6H2N4O2/c11-5-6(12)10-4-3(9-5)7-1-2-8-4/h1-2H. The molecule has 0 N–H and O–H groups in total. The summed E-state index contributed by atoms with van der Waals surface area (Å²) in [6.45, 7) is 0. The van der Waals surface area contributed by atoms with Gasteiger partial charge >= 0.3 is 11.8 Å². The zero-order valence-electron chi connectivity index (χ0n) is 5.76. The van der Waals surface area contributed by atoms with Crippen molar-refractivity contribution < 1.29 is 9.59 Å². The minimum atomic E-state index is -0.900. The monoisotopic (exact) mass is 162 g/mol. The van der Waals surface area contributed by atoms with E-state index in [2.05, 4.69) is 20.0 Å². The third kappa shape index (κ3) is 0.895. The van der Waals surface area contributed by atoms with Gasteiger partial charge < -0.3 is 0 Å². The van der Waals surface area contributed by atoms with Crippen LogP contribution in [0.2, 0.25) is 0 Å². The van der Waals surface area contributed by atoms with Crippen LogP contribution in [0.3, 0.4) is 0 Å². The third-order valence-corrected chi connectivity index (χ3v) is 1.26. The van der Waals surface area contributed by atoms with E-state index in [9.17, 15) is 9.59 Å². The normalized spacial score (nSPS) is 14.7. The van der Waals surface area contributed by atoms with Gasteiger partial charge in [0.2, 0.25) is 11.0 Å². The number of amides is 2. The zero-order valence-corrected chi connectivity index (χ0v) is 5.76. The Morgan fingerprint density at radius 3 is 1.67 bits per heavy atom. The SMILES string of the molecule is O=C1N=c2nccnc2=NC1=O. The zero-order chi connectivity index (χ0) is 8.55. The molecule has 1 aromatic heterocycles. The summed E-state index contributed by atoms with van der Waals surface area (Å²) in [4.78, 5) is 35.5. The Balaban J connectivity index is 2.87. The molecule has 0 spiro atoms. The fraction of sp³-hybridized carbons (Fsp3) is 0. The average Bonchev–Trinajstić information content (AvgIpc) is 2.07. The Labute approximate surface area is 65.7 Å². The van der Waals surface area contributed by atoms with Crippen LogP contribution in [-0.4, -0.2) is 21.8 Å². The smallest absolute Gasteiger partial charge is 0.261 e. The Kier molecular flexibility index (Phi) is 1.26. The Morgan fingerprint density at radius 1 is 0.833 bits per heavy atom. The van der Waals surface area contributed by atoms with E-state index in [1.54, 1.807) is 0 Å². The van der Waals surface area contributed by atoms with Crippen molar-refractivity contribution in [3.8, 4) is 0 Å². The Morgan fingerprint density at radius 2 is 1.25 bits per heavy atom. The van der Waals surface area contributed by atoms with Crippen LogP contribution < -0.4 is 11.0 Å². The highest BCUT2D eigenvalue weighted by Crippen LogP contribution is 1.80. The fourth-order valence-corrected chi connectivity index (χ4v) is 0.769. The van der Waals surface area contributed by atoms with E-state index in [0.717, 1.165) is 0 Å². The highest BCUT2D eigenvalue weighted by atomic mass is 16.2. The van der Waals surface area contributed by atoms with Gasteiger partial charge in [0.1, 0.15) is 0 Å². The summed E-state index contributed by atoms with van der Waals surface area (Å²) in [5, 5.41) is 0. The number of aromatic nitrogens is 2. The van der Waals surface area contributed by atoms with Gasteiger partial charge in [-0.25, -0.2) is 9.97 Å². The highest BCUT2D eigenvalue weighted by molar-refractivity contribution is 6.36. The van der Waals surface area contributed by atoms with Crippen molar-refractivity contribution in [3.63, 3.8) is 0 Å². The second-order valence-electron chi connectivity index (χ2n) is 2.04. The lowest BCUT2D eigenvalue weighted by Crippen LogP contribution is -2.38. The summed E-state index contributed by atoms with van der Waals surface area (Å²) >= 11 is 0. The Bertz CT molecular complexity index is 434. The summed E-state index contributed by atoms with van der Waals surface area (Å²) in [5.41, 5.74) is 0.198. The average molecular weight is 162 g/mol.